The monoisotopic (exact) mass is 175 g/mol. The second kappa shape index (κ2) is 5.49. The molecule has 72 valence electrons. The molecule has 2 nitrogen and oxygen atoms in total. The average Bonchev–Trinajstić information content (AvgIpc) is 2.06. The topological polar surface area (TPSA) is 21.3 Å². The van der Waals surface area contributed by atoms with Crippen molar-refractivity contribution in [3.8, 4) is 0 Å². The molecule has 0 spiro atoms. The zero-order valence-electron chi connectivity index (χ0n) is 7.68. The molecule has 0 bridgehead atoms. The van der Waals surface area contributed by atoms with E-state index in [4.69, 9.17) is 4.74 Å². The lowest BCUT2D eigenvalue weighted by Crippen LogP contribution is -2.25. The van der Waals surface area contributed by atoms with Crippen LogP contribution in [-0.4, -0.2) is 33.0 Å². The highest BCUT2D eigenvalue weighted by Gasteiger charge is 2.18. The molecule has 1 N–H and O–H groups in total. The van der Waals surface area contributed by atoms with E-state index in [1.165, 1.54) is 0 Å². The Labute approximate surface area is 73.5 Å². The summed E-state index contributed by atoms with van der Waals surface area (Å²) in [5.41, 5.74) is 0. The smallest absolute Gasteiger partial charge is 0.113 e. The van der Waals surface area contributed by atoms with Gasteiger partial charge in [-0.15, -0.1) is 0 Å². The summed E-state index contributed by atoms with van der Waals surface area (Å²) in [5.74, 6) is 0.544. The highest BCUT2D eigenvalue weighted by atomic mass is 19.1. The van der Waals surface area contributed by atoms with Gasteiger partial charge in [0.15, 0.2) is 0 Å². The quantitative estimate of drug-likeness (QED) is 0.696. The largest absolute Gasteiger partial charge is 0.381 e. The summed E-state index contributed by atoms with van der Waals surface area (Å²) in [5, 5.41) is 2.85. The fourth-order valence-corrected chi connectivity index (χ4v) is 1.65. The van der Waals surface area contributed by atoms with E-state index in [2.05, 4.69) is 5.32 Å². The van der Waals surface area contributed by atoms with Gasteiger partial charge in [0, 0.05) is 19.8 Å². The summed E-state index contributed by atoms with van der Waals surface area (Å²) >= 11 is 0. The molecule has 0 aromatic carbocycles. The second-order valence-electron chi connectivity index (χ2n) is 3.45. The van der Waals surface area contributed by atoms with Gasteiger partial charge in [-0.2, -0.15) is 0 Å². The number of hydrogen-bond donors (Lipinski definition) is 1. The molecule has 1 aliphatic heterocycles. The Bertz CT molecular complexity index is 115. The Kier molecular flexibility index (Phi) is 4.54. The van der Waals surface area contributed by atoms with E-state index in [-0.39, 0.29) is 0 Å². The van der Waals surface area contributed by atoms with Gasteiger partial charge >= 0.3 is 0 Å². The lowest BCUT2D eigenvalue weighted by atomic mass is 9.94. The maximum Gasteiger partial charge on any atom is 0.113 e. The maximum atomic E-state index is 13.1. The molecule has 1 rings (SSSR count). The van der Waals surface area contributed by atoms with Crippen LogP contribution in [0.1, 0.15) is 19.3 Å². The number of hydrogen-bond acceptors (Lipinski definition) is 2. The molecule has 0 saturated carbocycles. The second-order valence-corrected chi connectivity index (χ2v) is 3.45. The van der Waals surface area contributed by atoms with Crippen molar-refractivity contribution in [2.45, 2.75) is 25.4 Å². The van der Waals surface area contributed by atoms with Gasteiger partial charge in [0.1, 0.15) is 6.17 Å². The van der Waals surface area contributed by atoms with Gasteiger partial charge in [0.25, 0.3) is 0 Å². The van der Waals surface area contributed by atoms with Gasteiger partial charge in [-0.25, -0.2) is 4.39 Å². The minimum absolute atomic E-state index is 0.483. The molecule has 0 unspecified atom stereocenters. The van der Waals surface area contributed by atoms with E-state index in [9.17, 15) is 4.39 Å². The Morgan fingerprint density at radius 2 is 2.17 bits per heavy atom. The Morgan fingerprint density at radius 1 is 1.50 bits per heavy atom. The van der Waals surface area contributed by atoms with Crippen molar-refractivity contribution in [1.82, 2.24) is 5.32 Å². The third kappa shape index (κ3) is 3.50. The fourth-order valence-electron chi connectivity index (χ4n) is 1.65. The molecular formula is C9H18FNO. The molecule has 1 atom stereocenters. The zero-order chi connectivity index (χ0) is 8.81. The third-order valence-electron chi connectivity index (χ3n) is 2.36. The van der Waals surface area contributed by atoms with Gasteiger partial charge in [-0.1, -0.05) is 0 Å². The Balaban J connectivity index is 2.11. The van der Waals surface area contributed by atoms with Crippen molar-refractivity contribution in [1.29, 1.82) is 0 Å². The molecule has 3 heteroatoms. The maximum absolute atomic E-state index is 13.1. The summed E-state index contributed by atoms with van der Waals surface area (Å²) in [6.07, 6.45) is 2.08. The average molecular weight is 175 g/mol. The van der Waals surface area contributed by atoms with Crippen LogP contribution < -0.4 is 5.32 Å². The number of alkyl halides is 1. The van der Waals surface area contributed by atoms with Gasteiger partial charge in [0.2, 0.25) is 0 Å². The Hall–Kier alpha value is -0.150. The Morgan fingerprint density at radius 3 is 2.75 bits per heavy atom. The number of ether oxygens (including phenoxy) is 1. The zero-order valence-corrected chi connectivity index (χ0v) is 7.68. The van der Waals surface area contributed by atoms with E-state index in [1.54, 1.807) is 7.05 Å². The number of nitrogens with one attached hydrogen (secondary N) is 1. The van der Waals surface area contributed by atoms with Crippen molar-refractivity contribution in [2.75, 3.05) is 26.8 Å². The van der Waals surface area contributed by atoms with Crippen LogP contribution in [0.5, 0.6) is 0 Å². The molecule has 0 amide bonds. The molecule has 0 aromatic heterocycles. The molecule has 1 heterocycles. The summed E-state index contributed by atoms with van der Waals surface area (Å²) in [4.78, 5) is 0. The van der Waals surface area contributed by atoms with Gasteiger partial charge in [-0.3, -0.25) is 0 Å². The first-order chi connectivity index (χ1) is 5.83. The predicted octanol–water partition coefficient (Wildman–Crippen LogP) is 1.36. The molecule has 0 aliphatic carbocycles. The molecule has 1 aliphatic rings. The van der Waals surface area contributed by atoms with Crippen LogP contribution in [0, 0.1) is 5.92 Å². The predicted molar refractivity (Wildman–Crippen MR) is 47.0 cm³/mol. The lowest BCUT2D eigenvalue weighted by Gasteiger charge is -2.23. The molecular weight excluding hydrogens is 157 g/mol. The van der Waals surface area contributed by atoms with E-state index < -0.39 is 6.17 Å². The highest BCUT2D eigenvalue weighted by Crippen LogP contribution is 2.20. The van der Waals surface area contributed by atoms with Crippen molar-refractivity contribution >= 4 is 0 Å². The van der Waals surface area contributed by atoms with Gasteiger partial charge in [-0.05, 0) is 32.2 Å². The molecule has 0 radical (unpaired) electrons. The van der Waals surface area contributed by atoms with Crippen molar-refractivity contribution in [3.05, 3.63) is 0 Å². The normalized spacial score (nSPS) is 22.5. The first-order valence-corrected chi connectivity index (χ1v) is 4.69. The fraction of sp³-hybridized carbons (Fsp3) is 1.00. The van der Waals surface area contributed by atoms with E-state index in [1.807, 2.05) is 0 Å². The third-order valence-corrected chi connectivity index (χ3v) is 2.36. The first kappa shape index (κ1) is 9.93. The van der Waals surface area contributed by atoms with Crippen LogP contribution in [0.3, 0.4) is 0 Å². The van der Waals surface area contributed by atoms with Crippen LogP contribution in [0.4, 0.5) is 4.39 Å². The number of rotatable bonds is 4. The van der Waals surface area contributed by atoms with Crippen molar-refractivity contribution < 1.29 is 9.13 Å². The lowest BCUT2D eigenvalue weighted by molar-refractivity contribution is 0.0557. The van der Waals surface area contributed by atoms with E-state index in [0.29, 0.717) is 18.9 Å². The minimum Gasteiger partial charge on any atom is -0.381 e. The summed E-state index contributed by atoms with van der Waals surface area (Å²) in [6.45, 7) is 2.12. The van der Waals surface area contributed by atoms with Gasteiger partial charge < -0.3 is 10.1 Å². The molecule has 1 fully saturated rings. The van der Waals surface area contributed by atoms with Crippen LogP contribution in [0.25, 0.3) is 0 Å². The van der Waals surface area contributed by atoms with Crippen LogP contribution >= 0.6 is 0 Å². The van der Waals surface area contributed by atoms with Crippen LogP contribution in [0.15, 0.2) is 0 Å². The first-order valence-electron chi connectivity index (χ1n) is 4.69. The van der Waals surface area contributed by atoms with Crippen LogP contribution in [0.2, 0.25) is 0 Å². The minimum atomic E-state index is -0.682. The van der Waals surface area contributed by atoms with Gasteiger partial charge in [0.05, 0.1) is 0 Å². The van der Waals surface area contributed by atoms with E-state index >= 15 is 0 Å². The standard InChI is InChI=1S/C9H18FNO/c1-11-7-9(10)6-8-2-4-12-5-3-8/h8-9,11H,2-7H2,1H3/t9-/m1/s1. The summed E-state index contributed by atoms with van der Waals surface area (Å²) < 4.78 is 18.3. The van der Waals surface area contributed by atoms with Crippen molar-refractivity contribution in [3.63, 3.8) is 0 Å². The van der Waals surface area contributed by atoms with Crippen LogP contribution in [-0.2, 0) is 4.74 Å². The van der Waals surface area contributed by atoms with Crippen molar-refractivity contribution in [2.24, 2.45) is 5.92 Å². The summed E-state index contributed by atoms with van der Waals surface area (Å²) in [7, 11) is 1.79. The number of halogens is 1. The summed E-state index contributed by atoms with van der Waals surface area (Å²) in [6, 6.07) is 0. The highest BCUT2D eigenvalue weighted by molar-refractivity contribution is 4.69. The molecule has 0 aromatic rings. The molecule has 1 saturated heterocycles. The molecule has 12 heavy (non-hydrogen) atoms. The SMILES string of the molecule is CNC[C@H](F)CC1CCOCC1. The van der Waals surface area contributed by atoms with E-state index in [0.717, 1.165) is 26.1 Å².